The summed E-state index contributed by atoms with van der Waals surface area (Å²) in [6, 6.07) is 0. The van der Waals surface area contributed by atoms with Crippen molar-refractivity contribution in [2.45, 2.75) is 71.2 Å². The second-order valence-electron chi connectivity index (χ2n) is 6.67. The van der Waals surface area contributed by atoms with E-state index in [1.807, 2.05) is 6.92 Å². The number of carbonyl (C=O) groups excluding carboxylic acids is 1. The lowest BCUT2D eigenvalue weighted by Gasteiger charge is -2.38. The van der Waals surface area contributed by atoms with E-state index in [1.165, 1.54) is 0 Å². The van der Waals surface area contributed by atoms with Crippen molar-refractivity contribution in [2.75, 3.05) is 6.61 Å². The summed E-state index contributed by atoms with van der Waals surface area (Å²) >= 11 is 0. The predicted octanol–water partition coefficient (Wildman–Crippen LogP) is 3.53. The summed E-state index contributed by atoms with van der Waals surface area (Å²) in [4.78, 5) is 19.9. The minimum absolute atomic E-state index is 0.126. The Kier molecular flexibility index (Phi) is 8.44. The Morgan fingerprint density at radius 1 is 1.35 bits per heavy atom. The molecule has 5 nitrogen and oxygen atoms in total. The zero-order valence-electron chi connectivity index (χ0n) is 13.5. The molecular weight excluding hydrogens is 295 g/mol. The van der Waals surface area contributed by atoms with Gasteiger partial charge in [0.25, 0.3) is 0 Å². The first-order valence-electron chi connectivity index (χ1n) is 7.01. The van der Waals surface area contributed by atoms with Crippen LogP contribution in [0.2, 0.25) is 18.1 Å². The van der Waals surface area contributed by atoms with Crippen LogP contribution in [-0.4, -0.2) is 31.7 Å². The summed E-state index contributed by atoms with van der Waals surface area (Å²) < 4.78 is 20.9. The van der Waals surface area contributed by atoms with Crippen LogP contribution in [0.15, 0.2) is 0 Å². The Labute approximate surface area is 124 Å². The first-order valence-corrected chi connectivity index (χ1v) is 11.2. The quantitative estimate of drug-likeness (QED) is 0.519. The maximum Gasteiger partial charge on any atom is 0.317 e. The molecule has 0 bridgehead atoms. The average Bonchev–Trinajstić information content (AvgIpc) is 2.23. The van der Waals surface area contributed by atoms with Crippen LogP contribution >= 0.6 is 8.25 Å². The number of rotatable bonds is 9. The van der Waals surface area contributed by atoms with Crippen LogP contribution in [0.4, 0.5) is 0 Å². The Bertz CT molecular complexity index is 338. The average molecular weight is 324 g/mol. The van der Waals surface area contributed by atoms with Gasteiger partial charge in [0.05, 0.1) is 0 Å². The summed E-state index contributed by atoms with van der Waals surface area (Å²) in [6.07, 6.45) is 2.01. The highest BCUT2D eigenvalue weighted by Crippen LogP contribution is 2.37. The Morgan fingerprint density at radius 3 is 2.35 bits per heavy atom. The van der Waals surface area contributed by atoms with Crippen LogP contribution < -0.4 is 0 Å². The van der Waals surface area contributed by atoms with Gasteiger partial charge in [-0.1, -0.05) is 20.8 Å². The number of ketones is 1. The van der Waals surface area contributed by atoms with Crippen molar-refractivity contribution < 1.29 is 23.2 Å². The van der Waals surface area contributed by atoms with Crippen molar-refractivity contribution in [2.24, 2.45) is 0 Å². The molecule has 1 N–H and O–H groups in total. The van der Waals surface area contributed by atoms with Crippen molar-refractivity contribution in [1.82, 2.24) is 0 Å². The van der Waals surface area contributed by atoms with Crippen LogP contribution in [0.5, 0.6) is 0 Å². The SMILES string of the molecule is C[C@@H](CCCC(=O)CO[PH](=O)O)O[Si](C)(C)C(C)(C)C. The second-order valence-corrected chi connectivity index (χ2v) is 12.3. The molecule has 0 aromatic rings. The third kappa shape index (κ3) is 8.32. The molecule has 20 heavy (non-hydrogen) atoms. The highest BCUT2D eigenvalue weighted by atomic mass is 31.1. The smallest absolute Gasteiger partial charge is 0.317 e. The van der Waals surface area contributed by atoms with Crippen LogP contribution in [0, 0.1) is 0 Å². The fourth-order valence-electron chi connectivity index (χ4n) is 1.54. The lowest BCUT2D eigenvalue weighted by Crippen LogP contribution is -2.43. The van der Waals surface area contributed by atoms with Crippen molar-refractivity contribution >= 4 is 22.4 Å². The summed E-state index contributed by atoms with van der Waals surface area (Å²) in [6.45, 7) is 12.8. The van der Waals surface area contributed by atoms with Crippen molar-refractivity contribution in [3.8, 4) is 0 Å². The van der Waals surface area contributed by atoms with E-state index in [0.717, 1.165) is 6.42 Å². The molecule has 0 aromatic carbocycles. The normalized spacial score (nSPS) is 15.9. The molecule has 0 fully saturated rings. The molecule has 0 aliphatic carbocycles. The molecule has 0 aromatic heterocycles. The van der Waals surface area contributed by atoms with E-state index < -0.39 is 16.6 Å². The predicted molar refractivity (Wildman–Crippen MR) is 83.8 cm³/mol. The molecule has 0 aliphatic rings. The number of carbonyl (C=O) groups is 1. The van der Waals surface area contributed by atoms with Gasteiger partial charge in [-0.15, -0.1) is 0 Å². The number of Topliss-reactive ketones (excluding diaryl/α,β-unsaturated/α-hetero) is 1. The van der Waals surface area contributed by atoms with Crippen molar-refractivity contribution in [3.63, 3.8) is 0 Å². The lowest BCUT2D eigenvalue weighted by molar-refractivity contribution is -0.121. The van der Waals surface area contributed by atoms with E-state index >= 15 is 0 Å². The van der Waals surface area contributed by atoms with E-state index in [1.54, 1.807) is 0 Å². The van der Waals surface area contributed by atoms with Crippen LogP contribution in [0.1, 0.15) is 47.0 Å². The zero-order valence-corrected chi connectivity index (χ0v) is 15.5. The van der Waals surface area contributed by atoms with Gasteiger partial charge in [0.15, 0.2) is 14.1 Å². The molecule has 1 unspecified atom stereocenters. The van der Waals surface area contributed by atoms with E-state index in [9.17, 15) is 9.36 Å². The van der Waals surface area contributed by atoms with E-state index in [-0.39, 0.29) is 23.5 Å². The second kappa shape index (κ2) is 8.44. The fraction of sp³-hybridized carbons (Fsp3) is 0.923. The molecule has 7 heteroatoms. The van der Waals surface area contributed by atoms with Crippen LogP contribution in [0.25, 0.3) is 0 Å². The van der Waals surface area contributed by atoms with Crippen molar-refractivity contribution in [3.05, 3.63) is 0 Å². The Balaban J connectivity index is 3.98. The first kappa shape index (κ1) is 20.0. The molecule has 0 heterocycles. The van der Waals surface area contributed by atoms with Crippen LogP contribution in [-0.2, 0) is 18.3 Å². The largest absolute Gasteiger partial charge is 0.414 e. The molecule has 0 radical (unpaired) electrons. The topological polar surface area (TPSA) is 72.8 Å². The molecule has 0 saturated heterocycles. The van der Waals surface area contributed by atoms with Gasteiger partial charge < -0.3 is 13.8 Å². The van der Waals surface area contributed by atoms with Gasteiger partial charge in [-0.25, -0.2) is 0 Å². The fourth-order valence-corrected chi connectivity index (χ4v) is 3.30. The Morgan fingerprint density at radius 2 is 1.90 bits per heavy atom. The number of hydrogen-bond acceptors (Lipinski definition) is 4. The maximum absolute atomic E-state index is 11.4. The van der Waals surface area contributed by atoms with E-state index in [4.69, 9.17) is 9.32 Å². The standard InChI is InChI=1S/C13H29O5PSi/c1-11(18-20(5,6)13(2,3)4)8-7-9-12(14)10-17-19(15)16/h11,19H,7-10H2,1-6H3,(H,15,16)/t11-/m0/s1. The summed E-state index contributed by atoms with van der Waals surface area (Å²) in [5.74, 6) is -0.142. The molecule has 0 saturated carbocycles. The van der Waals surface area contributed by atoms with Gasteiger partial charge in [-0.3, -0.25) is 9.36 Å². The molecule has 0 spiro atoms. The maximum atomic E-state index is 11.4. The minimum atomic E-state index is -3.00. The number of hydrogen-bond donors (Lipinski definition) is 1. The van der Waals surface area contributed by atoms with Gasteiger partial charge in [-0.2, -0.15) is 0 Å². The molecule has 120 valence electrons. The lowest BCUT2D eigenvalue weighted by atomic mass is 10.1. The summed E-state index contributed by atoms with van der Waals surface area (Å²) in [7, 11) is -4.76. The monoisotopic (exact) mass is 324 g/mol. The van der Waals surface area contributed by atoms with Crippen LogP contribution in [0.3, 0.4) is 0 Å². The minimum Gasteiger partial charge on any atom is -0.414 e. The highest BCUT2D eigenvalue weighted by Gasteiger charge is 2.38. The summed E-state index contributed by atoms with van der Waals surface area (Å²) in [5.41, 5.74) is 0. The Hall–Kier alpha value is -0.00312. The highest BCUT2D eigenvalue weighted by molar-refractivity contribution is 7.32. The molecule has 0 rings (SSSR count). The van der Waals surface area contributed by atoms with E-state index in [2.05, 4.69) is 38.4 Å². The molecule has 0 aliphatic heterocycles. The van der Waals surface area contributed by atoms with E-state index in [0.29, 0.717) is 12.8 Å². The van der Waals surface area contributed by atoms with Gasteiger partial charge >= 0.3 is 8.25 Å². The molecule has 2 atom stereocenters. The third-order valence-corrected chi connectivity index (χ3v) is 8.72. The van der Waals surface area contributed by atoms with Gasteiger partial charge in [0, 0.05) is 12.5 Å². The third-order valence-electron chi connectivity index (χ3n) is 3.72. The van der Waals surface area contributed by atoms with Gasteiger partial charge in [0.1, 0.15) is 6.61 Å². The van der Waals surface area contributed by atoms with Gasteiger partial charge in [0.2, 0.25) is 0 Å². The first-order chi connectivity index (χ1) is 8.95. The molecular formula is C13H29O5PSi. The van der Waals surface area contributed by atoms with Gasteiger partial charge in [-0.05, 0) is 37.9 Å². The zero-order chi connectivity index (χ0) is 16.0. The summed E-state index contributed by atoms with van der Waals surface area (Å²) in [5, 5.41) is 0.179. The van der Waals surface area contributed by atoms with Crippen molar-refractivity contribution in [1.29, 1.82) is 0 Å². The molecule has 0 amide bonds.